The molecule has 16 nitrogen and oxygen atoms in total. The summed E-state index contributed by atoms with van der Waals surface area (Å²) in [5.74, 6) is -1.56. The molecule has 290 valence electrons. The third-order valence-corrected chi connectivity index (χ3v) is 10.0. The van der Waals surface area contributed by atoms with E-state index < -0.39 is 42.7 Å². The summed E-state index contributed by atoms with van der Waals surface area (Å²) >= 11 is 0. The van der Waals surface area contributed by atoms with Crippen molar-refractivity contribution in [2.24, 2.45) is 0 Å². The van der Waals surface area contributed by atoms with Gasteiger partial charge in [-0.15, -0.1) is 10.2 Å². The molecule has 0 spiro atoms. The second-order valence-electron chi connectivity index (χ2n) is 13.5. The summed E-state index contributed by atoms with van der Waals surface area (Å²) < 4.78 is 49.4. The highest BCUT2D eigenvalue weighted by Crippen LogP contribution is 2.40. The van der Waals surface area contributed by atoms with Crippen molar-refractivity contribution in [1.29, 1.82) is 0 Å². The molecule has 6 heterocycles. The fourth-order valence-corrected chi connectivity index (χ4v) is 7.23. The Morgan fingerprint density at radius 3 is 2.34 bits per heavy atom. The average Bonchev–Trinajstić information content (AvgIpc) is 4.03. The summed E-state index contributed by atoms with van der Waals surface area (Å²) in [4.78, 5) is 34.8. The zero-order chi connectivity index (χ0) is 39.0. The first-order valence-corrected chi connectivity index (χ1v) is 18.0. The number of alkyl halides is 3. The van der Waals surface area contributed by atoms with Crippen LogP contribution in [0.3, 0.4) is 0 Å². The number of fused-ring (bicyclic) bond motifs is 1. The number of carbonyl (C=O) groups excluding carboxylic acids is 1. The first-order valence-electron chi connectivity index (χ1n) is 18.0. The van der Waals surface area contributed by atoms with Crippen LogP contribution in [0.25, 0.3) is 11.2 Å². The molecule has 2 saturated heterocycles. The molecule has 5 atom stereocenters. The monoisotopic (exact) mass is 770 g/mol. The number of pyridine rings is 1. The summed E-state index contributed by atoms with van der Waals surface area (Å²) in [6, 6.07) is 21.7. The molecule has 2 aromatic carbocycles. The van der Waals surface area contributed by atoms with E-state index in [0.29, 0.717) is 24.4 Å². The van der Waals surface area contributed by atoms with Gasteiger partial charge in [0.1, 0.15) is 12.2 Å². The van der Waals surface area contributed by atoms with Crippen LogP contribution < -0.4 is 15.1 Å². The van der Waals surface area contributed by atoms with E-state index in [4.69, 9.17) is 14.7 Å². The number of nitrogens with zero attached hydrogens (tertiary/aromatic N) is 11. The number of tetrazole rings is 1. The van der Waals surface area contributed by atoms with E-state index in [1.165, 1.54) is 40.2 Å². The van der Waals surface area contributed by atoms with Crippen LogP contribution in [0.2, 0.25) is 0 Å². The third-order valence-electron chi connectivity index (χ3n) is 10.0. The molecule has 1 amide bonds. The van der Waals surface area contributed by atoms with E-state index in [2.05, 4.69) is 30.7 Å². The lowest BCUT2D eigenvalue weighted by Gasteiger charge is -2.29. The van der Waals surface area contributed by atoms with E-state index in [-0.39, 0.29) is 48.5 Å². The standard InChI is InChI=1S/C37H37F3N12O4/c1-2-51-47-32(46-48-51)30-28(53)29(54)34(56-30)50-21-43-27-31(42-19-26(22-9-5-3-6-10-22)23-11-7-4-8-12-23)44-36(45-33(27)50)49-18-15-25(20-49)52(35(55)37(38,39)40)24-13-16-41-17-14-24/h3-14,16-17,21,25-26,28-30,34,53-54H,2,15,18-20H2,1H3,(H,42,44,45)/t25-,28+,29+,30+,34-/m1/s1. The van der Waals surface area contributed by atoms with Crippen LogP contribution in [0, 0.1) is 0 Å². The van der Waals surface area contributed by atoms with Crippen molar-refractivity contribution >= 4 is 34.5 Å². The van der Waals surface area contributed by atoms with Gasteiger partial charge in [-0.1, -0.05) is 60.7 Å². The molecular weight excluding hydrogens is 733 g/mol. The van der Waals surface area contributed by atoms with Gasteiger partial charge in [-0.05, 0) is 41.8 Å². The Bertz CT molecular complexity index is 2240. The normalized spacial score (nSPS) is 21.3. The Morgan fingerprint density at radius 1 is 1.00 bits per heavy atom. The summed E-state index contributed by atoms with van der Waals surface area (Å²) in [6.07, 6.45) is -6.05. The number of rotatable bonds is 11. The maximum atomic E-state index is 13.9. The van der Waals surface area contributed by atoms with E-state index in [1.807, 2.05) is 67.6 Å². The number of amides is 1. The summed E-state index contributed by atoms with van der Waals surface area (Å²) in [5, 5.41) is 38.0. The van der Waals surface area contributed by atoms with Crippen molar-refractivity contribution < 1.29 is 32.9 Å². The minimum atomic E-state index is -5.12. The maximum absolute atomic E-state index is 13.9. The molecule has 19 heteroatoms. The molecule has 3 N–H and O–H groups in total. The number of benzene rings is 2. The molecule has 2 aliphatic heterocycles. The van der Waals surface area contributed by atoms with Crippen LogP contribution in [-0.4, -0.2) is 105 Å². The zero-order valence-corrected chi connectivity index (χ0v) is 29.9. The molecule has 0 unspecified atom stereocenters. The quantitative estimate of drug-likeness (QED) is 0.174. The SMILES string of the molecule is CCn1nnc([C@H]2O[C@@H](n3cnc4c(NCC(c5ccccc5)c5ccccc5)nc(N5CC[C@@H](N(C(=O)C(F)(F)F)c6ccncc6)C5)nc43)[C@@H](O)[C@@H]2O)n1. The van der Waals surface area contributed by atoms with Gasteiger partial charge in [0.2, 0.25) is 11.8 Å². The number of anilines is 3. The lowest BCUT2D eigenvalue weighted by atomic mass is 9.91. The second kappa shape index (κ2) is 15.2. The highest BCUT2D eigenvalue weighted by molar-refractivity contribution is 5.98. The Kier molecular flexibility index (Phi) is 10.0. The Balaban J connectivity index is 1.16. The molecule has 2 fully saturated rings. The molecular formula is C37H37F3N12O4. The number of hydrogen-bond acceptors (Lipinski definition) is 13. The van der Waals surface area contributed by atoms with Gasteiger partial charge in [-0.2, -0.15) is 27.9 Å². The molecule has 56 heavy (non-hydrogen) atoms. The molecule has 0 radical (unpaired) electrons. The van der Waals surface area contributed by atoms with Crippen LogP contribution in [0.4, 0.5) is 30.6 Å². The largest absolute Gasteiger partial charge is 0.471 e. The highest BCUT2D eigenvalue weighted by Gasteiger charge is 2.48. The molecule has 2 aliphatic rings. The number of aromatic nitrogens is 9. The fourth-order valence-electron chi connectivity index (χ4n) is 7.23. The predicted octanol–water partition coefficient (Wildman–Crippen LogP) is 3.64. The second-order valence-corrected chi connectivity index (χ2v) is 13.5. The topological polar surface area (TPSA) is 185 Å². The number of hydrogen-bond donors (Lipinski definition) is 3. The van der Waals surface area contributed by atoms with Crippen LogP contribution in [0.15, 0.2) is 91.5 Å². The maximum Gasteiger partial charge on any atom is 0.471 e. The lowest BCUT2D eigenvalue weighted by molar-refractivity contribution is -0.170. The van der Waals surface area contributed by atoms with Gasteiger partial charge >= 0.3 is 12.1 Å². The molecule has 0 bridgehead atoms. The van der Waals surface area contributed by atoms with Crippen molar-refractivity contribution in [2.45, 2.75) is 62.6 Å². The summed E-state index contributed by atoms with van der Waals surface area (Å²) in [6.45, 7) is 2.82. The van der Waals surface area contributed by atoms with E-state index in [1.54, 1.807) is 4.90 Å². The number of nitrogens with one attached hydrogen (secondary N) is 1. The number of aryl methyl sites for hydroxylation is 1. The third kappa shape index (κ3) is 7.11. The van der Waals surface area contributed by atoms with Crippen molar-refractivity contribution in [1.82, 2.24) is 44.7 Å². The molecule has 0 aliphatic carbocycles. The summed E-state index contributed by atoms with van der Waals surface area (Å²) in [5.41, 5.74) is 2.69. The van der Waals surface area contributed by atoms with Gasteiger partial charge in [0.15, 0.2) is 29.3 Å². The van der Waals surface area contributed by atoms with Gasteiger partial charge in [-0.3, -0.25) is 19.2 Å². The Labute approximate surface area is 317 Å². The van der Waals surface area contributed by atoms with Gasteiger partial charge in [0.25, 0.3) is 0 Å². The smallest absolute Gasteiger partial charge is 0.387 e. The molecule has 4 aromatic heterocycles. The van der Waals surface area contributed by atoms with Crippen molar-refractivity contribution in [3.8, 4) is 0 Å². The van der Waals surface area contributed by atoms with E-state index in [9.17, 15) is 28.2 Å². The first kappa shape index (κ1) is 36.9. The average molecular weight is 771 g/mol. The number of imidazole rings is 1. The first-order chi connectivity index (χ1) is 27.1. The van der Waals surface area contributed by atoms with Crippen LogP contribution in [0.5, 0.6) is 0 Å². The van der Waals surface area contributed by atoms with Crippen LogP contribution in [0.1, 0.15) is 48.5 Å². The highest BCUT2D eigenvalue weighted by atomic mass is 19.4. The molecule has 6 aromatic rings. The van der Waals surface area contributed by atoms with Crippen LogP contribution >= 0.6 is 0 Å². The van der Waals surface area contributed by atoms with Crippen molar-refractivity contribution in [3.63, 3.8) is 0 Å². The van der Waals surface area contributed by atoms with Gasteiger partial charge in [-0.25, -0.2) is 4.98 Å². The predicted molar refractivity (Wildman–Crippen MR) is 195 cm³/mol. The van der Waals surface area contributed by atoms with Crippen molar-refractivity contribution in [2.75, 3.05) is 34.8 Å². The lowest BCUT2D eigenvalue weighted by Crippen LogP contribution is -2.48. The zero-order valence-electron chi connectivity index (χ0n) is 29.9. The number of ether oxygens (including phenoxy) is 1. The van der Waals surface area contributed by atoms with Gasteiger partial charge < -0.3 is 25.2 Å². The fraction of sp³-hybridized carbons (Fsp3) is 0.351. The molecule has 0 saturated carbocycles. The summed E-state index contributed by atoms with van der Waals surface area (Å²) in [7, 11) is 0. The Morgan fingerprint density at radius 2 is 1.70 bits per heavy atom. The van der Waals surface area contributed by atoms with E-state index >= 15 is 0 Å². The van der Waals surface area contributed by atoms with Crippen LogP contribution in [-0.2, 0) is 16.1 Å². The molecule has 8 rings (SSSR count). The van der Waals surface area contributed by atoms with Gasteiger partial charge in [0.05, 0.1) is 18.9 Å². The number of aliphatic hydroxyl groups excluding tert-OH is 2. The number of aliphatic hydroxyl groups is 2. The number of carbonyl (C=O) groups is 1. The van der Waals surface area contributed by atoms with E-state index in [0.717, 1.165) is 16.0 Å². The van der Waals surface area contributed by atoms with Gasteiger partial charge in [0, 0.05) is 43.6 Å². The van der Waals surface area contributed by atoms with Crippen molar-refractivity contribution in [3.05, 3.63) is 108 Å². The minimum absolute atomic E-state index is 0.0258. The Hall–Kier alpha value is -6.05. The minimum Gasteiger partial charge on any atom is -0.387 e. The number of halogens is 3.